The van der Waals surface area contributed by atoms with Gasteiger partial charge in [0.25, 0.3) is 0 Å². The molecule has 7 heteroatoms. The van der Waals surface area contributed by atoms with E-state index in [2.05, 4.69) is 0 Å². The van der Waals surface area contributed by atoms with Gasteiger partial charge < -0.3 is 10.5 Å². The van der Waals surface area contributed by atoms with Crippen molar-refractivity contribution in [2.45, 2.75) is 33.8 Å². The van der Waals surface area contributed by atoms with Gasteiger partial charge in [-0.1, -0.05) is 13.8 Å². The van der Waals surface area contributed by atoms with Crippen LogP contribution in [0, 0.1) is 5.41 Å². The van der Waals surface area contributed by atoms with Gasteiger partial charge in [-0.05, 0) is 25.8 Å². The third kappa shape index (κ3) is 8.26. The van der Waals surface area contributed by atoms with Crippen molar-refractivity contribution in [2.75, 3.05) is 32.5 Å². The van der Waals surface area contributed by atoms with Gasteiger partial charge in [0.1, 0.15) is 0 Å². The third-order valence-corrected chi connectivity index (χ3v) is 4.23. The first-order valence-electron chi connectivity index (χ1n) is 5.86. The van der Waals surface area contributed by atoms with Gasteiger partial charge in [0.2, 0.25) is 10.0 Å². The smallest absolute Gasteiger partial charge is 0.216 e. The quantitative estimate of drug-likeness (QED) is 0.728. The number of rotatable bonds is 8. The van der Waals surface area contributed by atoms with Crippen molar-refractivity contribution >= 4 is 22.4 Å². The van der Waals surface area contributed by atoms with E-state index >= 15 is 0 Å². The van der Waals surface area contributed by atoms with Crippen LogP contribution in [-0.2, 0) is 14.8 Å². The number of nitrogens with zero attached hydrogens (tertiary/aromatic N) is 1. The first-order chi connectivity index (χ1) is 7.60. The van der Waals surface area contributed by atoms with Crippen molar-refractivity contribution in [1.29, 1.82) is 0 Å². The van der Waals surface area contributed by atoms with E-state index in [1.54, 1.807) is 7.05 Å². The highest BCUT2D eigenvalue weighted by atomic mass is 35.5. The first kappa shape index (κ1) is 20.4. The topological polar surface area (TPSA) is 72.6 Å². The molecule has 2 N–H and O–H groups in total. The van der Waals surface area contributed by atoms with Crippen molar-refractivity contribution < 1.29 is 13.2 Å². The van der Waals surface area contributed by atoms with E-state index in [9.17, 15) is 8.42 Å². The van der Waals surface area contributed by atoms with E-state index in [0.29, 0.717) is 13.1 Å². The molecule has 0 unspecified atom stereocenters. The van der Waals surface area contributed by atoms with Gasteiger partial charge in [-0.3, -0.25) is 0 Å². The highest BCUT2D eigenvalue weighted by Crippen LogP contribution is 2.16. The molecule has 0 rings (SSSR count). The standard InChI is InChI=1S/C11H26N2O3S.ClH/c1-10(2)16-6-7-17(14,15)13(5)9-11(3,4)8-12;/h10H,6-9,12H2,1-5H3;1H. The molecule has 0 aromatic rings. The van der Waals surface area contributed by atoms with Crippen LogP contribution in [0.5, 0.6) is 0 Å². The normalized spacial score (nSPS) is 12.9. The predicted octanol–water partition coefficient (Wildman–Crippen LogP) is 1.08. The van der Waals surface area contributed by atoms with Gasteiger partial charge in [-0.2, -0.15) is 0 Å². The van der Waals surface area contributed by atoms with Gasteiger partial charge in [-0.15, -0.1) is 12.4 Å². The molecule has 0 amide bonds. The lowest BCUT2D eigenvalue weighted by molar-refractivity contribution is 0.0906. The SMILES string of the molecule is CC(C)OCCS(=O)(=O)N(C)CC(C)(C)CN.Cl. The molecule has 0 atom stereocenters. The molecule has 0 fully saturated rings. The van der Waals surface area contributed by atoms with Crippen LogP contribution in [-0.4, -0.2) is 51.3 Å². The zero-order valence-electron chi connectivity index (χ0n) is 12.0. The minimum Gasteiger partial charge on any atom is -0.378 e. The van der Waals surface area contributed by atoms with Crippen molar-refractivity contribution in [1.82, 2.24) is 4.31 Å². The number of hydrogen-bond acceptors (Lipinski definition) is 4. The van der Waals surface area contributed by atoms with Crippen LogP contribution < -0.4 is 5.73 Å². The summed E-state index contributed by atoms with van der Waals surface area (Å²) in [5, 5.41) is 0. The fourth-order valence-corrected chi connectivity index (χ4v) is 2.48. The number of hydrogen-bond donors (Lipinski definition) is 1. The second kappa shape index (κ2) is 8.32. The van der Waals surface area contributed by atoms with Crippen molar-refractivity contribution in [3.05, 3.63) is 0 Å². The molecule has 18 heavy (non-hydrogen) atoms. The van der Waals surface area contributed by atoms with Gasteiger partial charge in [0.15, 0.2) is 0 Å². The van der Waals surface area contributed by atoms with E-state index in [4.69, 9.17) is 10.5 Å². The van der Waals surface area contributed by atoms with Crippen LogP contribution in [0.1, 0.15) is 27.7 Å². The summed E-state index contributed by atoms with van der Waals surface area (Å²) in [6.07, 6.45) is 0.0518. The maximum absolute atomic E-state index is 11.9. The van der Waals surface area contributed by atoms with Crippen molar-refractivity contribution in [3.63, 3.8) is 0 Å². The molecule has 0 bridgehead atoms. The van der Waals surface area contributed by atoms with E-state index in [-0.39, 0.29) is 36.3 Å². The zero-order chi connectivity index (χ0) is 13.7. The maximum Gasteiger partial charge on any atom is 0.216 e. The largest absolute Gasteiger partial charge is 0.378 e. The maximum atomic E-state index is 11.9. The van der Waals surface area contributed by atoms with Crippen LogP contribution in [0.15, 0.2) is 0 Å². The predicted molar refractivity (Wildman–Crippen MR) is 77.6 cm³/mol. The Morgan fingerprint density at radius 1 is 1.33 bits per heavy atom. The second-order valence-corrected chi connectivity index (χ2v) is 7.56. The van der Waals surface area contributed by atoms with Crippen LogP contribution in [0.25, 0.3) is 0 Å². The average Bonchev–Trinajstić information content (AvgIpc) is 2.16. The molecule has 5 nitrogen and oxygen atoms in total. The van der Waals surface area contributed by atoms with Crippen LogP contribution in [0.3, 0.4) is 0 Å². The van der Waals surface area contributed by atoms with Crippen molar-refractivity contribution in [3.8, 4) is 0 Å². The molecule has 112 valence electrons. The van der Waals surface area contributed by atoms with Gasteiger partial charge in [0, 0.05) is 13.6 Å². The summed E-state index contributed by atoms with van der Waals surface area (Å²) in [6, 6.07) is 0. The molecule has 0 saturated carbocycles. The highest BCUT2D eigenvalue weighted by Gasteiger charge is 2.25. The lowest BCUT2D eigenvalue weighted by Gasteiger charge is -2.28. The Morgan fingerprint density at radius 3 is 2.22 bits per heavy atom. The molecule has 0 radical (unpaired) electrons. The van der Waals surface area contributed by atoms with Crippen LogP contribution in [0.4, 0.5) is 0 Å². The summed E-state index contributed by atoms with van der Waals surface area (Å²) in [4.78, 5) is 0. The highest BCUT2D eigenvalue weighted by molar-refractivity contribution is 7.89. The molecule has 0 aliphatic heterocycles. The molecule has 0 heterocycles. The summed E-state index contributed by atoms with van der Waals surface area (Å²) in [6.45, 7) is 8.77. The Bertz CT molecular complexity index is 318. The molecule has 0 saturated heterocycles. The summed E-state index contributed by atoms with van der Waals surface area (Å²) in [5.41, 5.74) is 5.38. The molecule has 0 aliphatic carbocycles. The van der Waals surface area contributed by atoms with E-state index < -0.39 is 10.0 Å². The Balaban J connectivity index is 0. The minimum atomic E-state index is -3.25. The Labute approximate surface area is 118 Å². The van der Waals surface area contributed by atoms with E-state index in [1.807, 2.05) is 27.7 Å². The number of ether oxygens (including phenoxy) is 1. The lowest BCUT2D eigenvalue weighted by atomic mass is 9.94. The van der Waals surface area contributed by atoms with Gasteiger partial charge in [0.05, 0.1) is 18.5 Å². The first-order valence-corrected chi connectivity index (χ1v) is 7.47. The van der Waals surface area contributed by atoms with E-state index in [0.717, 1.165) is 0 Å². The van der Waals surface area contributed by atoms with Crippen LogP contribution in [0.2, 0.25) is 0 Å². The van der Waals surface area contributed by atoms with Crippen LogP contribution >= 0.6 is 12.4 Å². The molecular formula is C11H27ClN2O3S. The van der Waals surface area contributed by atoms with Gasteiger partial charge in [-0.25, -0.2) is 12.7 Å². The lowest BCUT2D eigenvalue weighted by Crippen LogP contribution is -2.41. The second-order valence-electron chi connectivity index (χ2n) is 5.36. The Hall–Kier alpha value is 0.120. The average molecular weight is 303 g/mol. The van der Waals surface area contributed by atoms with Gasteiger partial charge >= 0.3 is 0 Å². The van der Waals surface area contributed by atoms with E-state index in [1.165, 1.54) is 4.31 Å². The fraction of sp³-hybridized carbons (Fsp3) is 1.00. The Kier molecular flexibility index (Phi) is 9.45. The fourth-order valence-electron chi connectivity index (χ4n) is 1.31. The molecule has 0 aromatic carbocycles. The van der Waals surface area contributed by atoms with Crippen molar-refractivity contribution in [2.24, 2.45) is 11.1 Å². The summed E-state index contributed by atoms with van der Waals surface area (Å²) < 4.78 is 30.4. The number of nitrogens with two attached hydrogens (primary N) is 1. The number of sulfonamides is 1. The summed E-state index contributed by atoms with van der Waals surface area (Å²) in [5.74, 6) is 0.0162. The molecule has 0 spiro atoms. The number of halogens is 1. The third-order valence-electron chi connectivity index (χ3n) is 2.47. The molecular weight excluding hydrogens is 276 g/mol. The Morgan fingerprint density at radius 2 is 1.83 bits per heavy atom. The molecule has 0 aromatic heterocycles. The summed E-state index contributed by atoms with van der Waals surface area (Å²) >= 11 is 0. The summed E-state index contributed by atoms with van der Waals surface area (Å²) in [7, 11) is -1.66. The monoisotopic (exact) mass is 302 g/mol. The minimum absolute atomic E-state index is 0. The molecule has 0 aliphatic rings. The zero-order valence-corrected chi connectivity index (χ0v) is 13.6.